The van der Waals surface area contributed by atoms with Crippen molar-refractivity contribution < 1.29 is 0 Å². The Morgan fingerprint density at radius 1 is 1.06 bits per heavy atom. The summed E-state index contributed by atoms with van der Waals surface area (Å²) in [6.07, 6.45) is 8.09. The van der Waals surface area contributed by atoms with Crippen molar-refractivity contribution in [2.75, 3.05) is 24.5 Å². The largest absolute Gasteiger partial charge is 0.372 e. The van der Waals surface area contributed by atoms with E-state index in [1.165, 1.54) is 43.6 Å². The van der Waals surface area contributed by atoms with Gasteiger partial charge in [0, 0.05) is 25.3 Å². The van der Waals surface area contributed by atoms with E-state index in [9.17, 15) is 0 Å². The molecule has 0 amide bonds. The average Bonchev–Trinajstić information content (AvgIpc) is 2.38. The Labute approximate surface area is 97.8 Å². The Balaban J connectivity index is 2.03. The highest BCUT2D eigenvalue weighted by molar-refractivity contribution is 5.56. The lowest BCUT2D eigenvalue weighted by molar-refractivity contribution is 0.578. The van der Waals surface area contributed by atoms with Crippen molar-refractivity contribution >= 4 is 11.8 Å². The number of nitrogens with zero attached hydrogens (tertiary/aromatic N) is 1. The standard InChI is InChI=1S/C14H20N2/c15-10-4-5-13-6-8-14(9-7-13)16-11-2-1-3-12-16/h4-9H,1-3,10-12,15H2. The van der Waals surface area contributed by atoms with Crippen LogP contribution in [0.5, 0.6) is 0 Å². The summed E-state index contributed by atoms with van der Waals surface area (Å²) in [5, 5.41) is 0. The summed E-state index contributed by atoms with van der Waals surface area (Å²) in [4.78, 5) is 2.47. The topological polar surface area (TPSA) is 29.3 Å². The monoisotopic (exact) mass is 216 g/mol. The highest BCUT2D eigenvalue weighted by Gasteiger charge is 2.09. The number of hydrogen-bond donors (Lipinski definition) is 1. The van der Waals surface area contributed by atoms with Crippen LogP contribution >= 0.6 is 0 Å². The van der Waals surface area contributed by atoms with E-state index < -0.39 is 0 Å². The Kier molecular flexibility index (Phi) is 4.00. The van der Waals surface area contributed by atoms with Crippen molar-refractivity contribution in [3.05, 3.63) is 35.9 Å². The van der Waals surface area contributed by atoms with Gasteiger partial charge >= 0.3 is 0 Å². The Hall–Kier alpha value is -1.28. The van der Waals surface area contributed by atoms with Crippen LogP contribution in [0.25, 0.3) is 6.08 Å². The van der Waals surface area contributed by atoms with Crippen LogP contribution in [0.1, 0.15) is 24.8 Å². The molecular formula is C14H20N2. The summed E-state index contributed by atoms with van der Waals surface area (Å²) >= 11 is 0. The zero-order chi connectivity index (χ0) is 11.2. The fraction of sp³-hybridized carbons (Fsp3) is 0.429. The molecule has 0 aliphatic carbocycles. The number of rotatable bonds is 3. The number of anilines is 1. The second-order valence-electron chi connectivity index (χ2n) is 4.28. The van der Waals surface area contributed by atoms with E-state index in [1.54, 1.807) is 0 Å². The summed E-state index contributed by atoms with van der Waals surface area (Å²) in [7, 11) is 0. The average molecular weight is 216 g/mol. The van der Waals surface area contributed by atoms with Gasteiger partial charge in [0.05, 0.1) is 0 Å². The van der Waals surface area contributed by atoms with Crippen LogP contribution in [0, 0.1) is 0 Å². The van der Waals surface area contributed by atoms with Gasteiger partial charge in [0.15, 0.2) is 0 Å². The molecule has 1 aliphatic rings. The van der Waals surface area contributed by atoms with Gasteiger partial charge in [-0.2, -0.15) is 0 Å². The molecule has 1 aliphatic heterocycles. The minimum absolute atomic E-state index is 0.605. The summed E-state index contributed by atoms with van der Waals surface area (Å²) in [6.45, 7) is 3.02. The Bertz CT molecular complexity index is 334. The van der Waals surface area contributed by atoms with E-state index in [1.807, 2.05) is 6.08 Å². The minimum atomic E-state index is 0.605. The quantitative estimate of drug-likeness (QED) is 0.841. The van der Waals surface area contributed by atoms with Crippen molar-refractivity contribution in [2.45, 2.75) is 19.3 Å². The van der Waals surface area contributed by atoms with Crippen LogP contribution in [0.2, 0.25) is 0 Å². The van der Waals surface area contributed by atoms with Gasteiger partial charge in [-0.25, -0.2) is 0 Å². The molecule has 0 saturated carbocycles. The molecule has 0 atom stereocenters. The summed E-state index contributed by atoms with van der Waals surface area (Å²) < 4.78 is 0. The van der Waals surface area contributed by atoms with Gasteiger partial charge in [-0.15, -0.1) is 0 Å². The van der Waals surface area contributed by atoms with Crippen LogP contribution in [-0.4, -0.2) is 19.6 Å². The van der Waals surface area contributed by atoms with Gasteiger partial charge in [-0.1, -0.05) is 24.3 Å². The van der Waals surface area contributed by atoms with Gasteiger partial charge in [0.2, 0.25) is 0 Å². The molecule has 1 aromatic rings. The van der Waals surface area contributed by atoms with Crippen molar-refractivity contribution in [1.82, 2.24) is 0 Å². The van der Waals surface area contributed by atoms with Gasteiger partial charge in [-0.05, 0) is 37.0 Å². The summed E-state index contributed by atoms with van der Waals surface area (Å²) in [6, 6.07) is 8.75. The molecule has 16 heavy (non-hydrogen) atoms. The smallest absolute Gasteiger partial charge is 0.0366 e. The molecule has 1 aromatic carbocycles. The molecule has 1 heterocycles. The zero-order valence-corrected chi connectivity index (χ0v) is 9.73. The first-order chi connectivity index (χ1) is 7.90. The maximum atomic E-state index is 5.43. The molecule has 0 bridgehead atoms. The van der Waals surface area contributed by atoms with Gasteiger partial charge in [-0.3, -0.25) is 0 Å². The first-order valence-corrected chi connectivity index (χ1v) is 6.12. The lowest BCUT2D eigenvalue weighted by Crippen LogP contribution is -2.29. The number of nitrogens with two attached hydrogens (primary N) is 1. The van der Waals surface area contributed by atoms with Crippen molar-refractivity contribution in [1.29, 1.82) is 0 Å². The van der Waals surface area contributed by atoms with Crippen molar-refractivity contribution in [3.8, 4) is 0 Å². The normalized spacial score (nSPS) is 16.9. The highest BCUT2D eigenvalue weighted by Crippen LogP contribution is 2.20. The van der Waals surface area contributed by atoms with Gasteiger partial charge in [0.25, 0.3) is 0 Å². The van der Waals surface area contributed by atoms with E-state index >= 15 is 0 Å². The molecule has 1 fully saturated rings. The number of hydrogen-bond acceptors (Lipinski definition) is 2. The van der Waals surface area contributed by atoms with E-state index in [4.69, 9.17) is 5.73 Å². The Morgan fingerprint density at radius 3 is 2.38 bits per heavy atom. The highest BCUT2D eigenvalue weighted by atomic mass is 15.1. The van der Waals surface area contributed by atoms with Crippen LogP contribution in [0.15, 0.2) is 30.3 Å². The maximum Gasteiger partial charge on any atom is 0.0366 e. The summed E-state index contributed by atoms with van der Waals surface area (Å²) in [5.41, 5.74) is 8.01. The molecule has 86 valence electrons. The van der Waals surface area contributed by atoms with E-state index in [-0.39, 0.29) is 0 Å². The van der Waals surface area contributed by atoms with Crippen molar-refractivity contribution in [2.24, 2.45) is 5.73 Å². The van der Waals surface area contributed by atoms with Gasteiger partial charge in [0.1, 0.15) is 0 Å². The van der Waals surface area contributed by atoms with E-state index in [0.29, 0.717) is 6.54 Å². The molecule has 0 spiro atoms. The third-order valence-electron chi connectivity index (χ3n) is 3.06. The fourth-order valence-electron chi connectivity index (χ4n) is 2.15. The molecule has 0 aromatic heterocycles. The second kappa shape index (κ2) is 5.71. The molecule has 2 N–H and O–H groups in total. The van der Waals surface area contributed by atoms with E-state index in [0.717, 1.165) is 0 Å². The minimum Gasteiger partial charge on any atom is -0.372 e. The zero-order valence-electron chi connectivity index (χ0n) is 9.73. The molecule has 0 unspecified atom stereocenters. The predicted molar refractivity (Wildman–Crippen MR) is 70.6 cm³/mol. The number of piperidine rings is 1. The molecule has 0 radical (unpaired) electrons. The molecule has 2 heteroatoms. The molecular weight excluding hydrogens is 196 g/mol. The van der Waals surface area contributed by atoms with Crippen LogP contribution in [0.3, 0.4) is 0 Å². The van der Waals surface area contributed by atoms with Crippen LogP contribution < -0.4 is 10.6 Å². The van der Waals surface area contributed by atoms with Gasteiger partial charge < -0.3 is 10.6 Å². The summed E-state index contributed by atoms with van der Waals surface area (Å²) in [5.74, 6) is 0. The number of benzene rings is 1. The maximum absolute atomic E-state index is 5.43. The lowest BCUT2D eigenvalue weighted by Gasteiger charge is -2.28. The molecule has 2 rings (SSSR count). The molecule has 2 nitrogen and oxygen atoms in total. The van der Waals surface area contributed by atoms with Crippen molar-refractivity contribution in [3.63, 3.8) is 0 Å². The fourth-order valence-corrected chi connectivity index (χ4v) is 2.15. The predicted octanol–water partition coefficient (Wildman–Crippen LogP) is 2.65. The first kappa shape index (κ1) is 11.2. The first-order valence-electron chi connectivity index (χ1n) is 6.12. The van der Waals surface area contributed by atoms with Crippen LogP contribution in [-0.2, 0) is 0 Å². The third-order valence-corrected chi connectivity index (χ3v) is 3.06. The Morgan fingerprint density at radius 2 is 1.75 bits per heavy atom. The third kappa shape index (κ3) is 2.86. The SMILES string of the molecule is NCC=Cc1ccc(N2CCCCC2)cc1. The lowest BCUT2D eigenvalue weighted by atomic mass is 10.1. The second-order valence-corrected chi connectivity index (χ2v) is 4.28. The van der Waals surface area contributed by atoms with E-state index in [2.05, 4.69) is 35.2 Å². The molecule has 1 saturated heterocycles. The van der Waals surface area contributed by atoms with Crippen LogP contribution in [0.4, 0.5) is 5.69 Å².